The molecule has 0 unspecified atom stereocenters. The lowest BCUT2D eigenvalue weighted by molar-refractivity contribution is -0.392. The van der Waals surface area contributed by atoms with Crippen LogP contribution < -0.4 is 0 Å². The van der Waals surface area contributed by atoms with Crippen LogP contribution in [0.25, 0.3) is 0 Å². The molecule has 2 saturated heterocycles. The summed E-state index contributed by atoms with van der Waals surface area (Å²) in [7, 11) is 0. The standard InChI is InChI=1S/C23H29NO3/c1-15-11-12-17-18(14-15)27-21-23(25,19-10-7-13-26-19)20(24(21)22(17,2)3)16-8-5-4-6-9-16/h4-10,13,15,17-18,20-21,25H,11-12,14H2,1-3H3/t15-,17-,18-,20+,21+,23+/m1/s1. The van der Waals surface area contributed by atoms with E-state index < -0.39 is 5.60 Å². The van der Waals surface area contributed by atoms with Crippen molar-refractivity contribution in [2.24, 2.45) is 11.8 Å². The summed E-state index contributed by atoms with van der Waals surface area (Å²) in [5.74, 6) is 1.75. The van der Waals surface area contributed by atoms with Crippen LogP contribution in [0.5, 0.6) is 0 Å². The van der Waals surface area contributed by atoms with Gasteiger partial charge in [0.2, 0.25) is 0 Å². The minimum atomic E-state index is -1.17. The third kappa shape index (κ3) is 2.33. The predicted molar refractivity (Wildman–Crippen MR) is 103 cm³/mol. The van der Waals surface area contributed by atoms with Gasteiger partial charge < -0.3 is 14.3 Å². The molecule has 0 radical (unpaired) electrons. The van der Waals surface area contributed by atoms with Crippen molar-refractivity contribution in [1.82, 2.24) is 4.90 Å². The van der Waals surface area contributed by atoms with Gasteiger partial charge in [-0.05, 0) is 50.3 Å². The molecule has 2 aliphatic heterocycles. The average molecular weight is 367 g/mol. The van der Waals surface area contributed by atoms with Crippen molar-refractivity contribution in [3.8, 4) is 0 Å². The van der Waals surface area contributed by atoms with Gasteiger partial charge in [0.15, 0.2) is 5.60 Å². The molecule has 3 fully saturated rings. The lowest BCUT2D eigenvalue weighted by Crippen LogP contribution is -2.80. The van der Waals surface area contributed by atoms with E-state index in [4.69, 9.17) is 9.15 Å². The van der Waals surface area contributed by atoms with E-state index in [9.17, 15) is 5.11 Å². The summed E-state index contributed by atoms with van der Waals surface area (Å²) in [4.78, 5) is 2.39. The molecule has 1 N–H and O–H groups in total. The Morgan fingerprint density at radius 2 is 1.85 bits per heavy atom. The van der Waals surface area contributed by atoms with Gasteiger partial charge in [0, 0.05) is 11.5 Å². The van der Waals surface area contributed by atoms with Crippen LogP contribution >= 0.6 is 0 Å². The van der Waals surface area contributed by atoms with Crippen molar-refractivity contribution < 1.29 is 14.3 Å². The maximum atomic E-state index is 11.9. The molecule has 1 aliphatic carbocycles. The third-order valence-corrected chi connectivity index (χ3v) is 7.29. The van der Waals surface area contributed by atoms with Crippen LogP contribution in [0.4, 0.5) is 0 Å². The molecule has 0 bridgehead atoms. The van der Waals surface area contributed by atoms with E-state index >= 15 is 0 Å². The Morgan fingerprint density at radius 1 is 1.07 bits per heavy atom. The molecule has 144 valence electrons. The quantitative estimate of drug-likeness (QED) is 0.851. The van der Waals surface area contributed by atoms with E-state index in [0.717, 1.165) is 12.0 Å². The molecule has 1 aromatic carbocycles. The lowest BCUT2D eigenvalue weighted by Gasteiger charge is -2.70. The first kappa shape index (κ1) is 17.5. The number of aliphatic hydroxyl groups is 1. The smallest absolute Gasteiger partial charge is 0.181 e. The molecule has 4 heteroatoms. The Balaban J connectivity index is 1.61. The topological polar surface area (TPSA) is 45.8 Å². The number of hydrogen-bond acceptors (Lipinski definition) is 4. The molecule has 2 aromatic rings. The highest BCUT2D eigenvalue weighted by Crippen LogP contribution is 2.62. The van der Waals surface area contributed by atoms with E-state index in [0.29, 0.717) is 17.6 Å². The summed E-state index contributed by atoms with van der Waals surface area (Å²) >= 11 is 0. The van der Waals surface area contributed by atoms with Crippen molar-refractivity contribution in [3.05, 3.63) is 60.1 Å². The molecule has 6 atom stereocenters. The monoisotopic (exact) mass is 367 g/mol. The summed E-state index contributed by atoms with van der Waals surface area (Å²) in [6, 6.07) is 13.8. The fourth-order valence-electron chi connectivity index (χ4n) is 5.87. The molecule has 0 amide bonds. The zero-order valence-electron chi connectivity index (χ0n) is 16.3. The van der Waals surface area contributed by atoms with Crippen molar-refractivity contribution in [3.63, 3.8) is 0 Å². The molecule has 0 spiro atoms. The van der Waals surface area contributed by atoms with Gasteiger partial charge in [-0.3, -0.25) is 4.90 Å². The summed E-state index contributed by atoms with van der Waals surface area (Å²) in [5, 5.41) is 11.9. The average Bonchev–Trinajstić information content (AvgIpc) is 3.18. The highest BCUT2D eigenvalue weighted by atomic mass is 16.5. The largest absolute Gasteiger partial charge is 0.466 e. The number of nitrogens with zero attached hydrogens (tertiary/aromatic N) is 1. The highest BCUT2D eigenvalue weighted by molar-refractivity contribution is 5.35. The molecule has 27 heavy (non-hydrogen) atoms. The van der Waals surface area contributed by atoms with E-state index in [1.807, 2.05) is 30.3 Å². The molecule has 4 nitrogen and oxygen atoms in total. The van der Waals surface area contributed by atoms with Gasteiger partial charge in [0.25, 0.3) is 0 Å². The molecule has 5 rings (SSSR count). The van der Waals surface area contributed by atoms with Gasteiger partial charge in [0.05, 0.1) is 18.4 Å². The van der Waals surface area contributed by atoms with Crippen LogP contribution in [-0.4, -0.2) is 27.9 Å². The first-order valence-electron chi connectivity index (χ1n) is 10.2. The molecule has 1 aromatic heterocycles. The Hall–Kier alpha value is -1.62. The summed E-state index contributed by atoms with van der Waals surface area (Å²) in [5.41, 5.74) is -0.118. The van der Waals surface area contributed by atoms with Crippen molar-refractivity contribution in [1.29, 1.82) is 0 Å². The molecule has 3 aliphatic rings. The highest BCUT2D eigenvalue weighted by Gasteiger charge is 2.71. The van der Waals surface area contributed by atoms with Crippen LogP contribution in [-0.2, 0) is 10.3 Å². The Morgan fingerprint density at radius 3 is 2.56 bits per heavy atom. The minimum Gasteiger partial charge on any atom is -0.466 e. The van der Waals surface area contributed by atoms with Gasteiger partial charge in [-0.1, -0.05) is 43.7 Å². The summed E-state index contributed by atoms with van der Waals surface area (Å²) in [6.45, 7) is 6.97. The Labute approximate surface area is 161 Å². The van der Waals surface area contributed by atoms with Crippen LogP contribution in [0.1, 0.15) is 57.4 Å². The number of benzene rings is 1. The fourth-order valence-corrected chi connectivity index (χ4v) is 5.87. The van der Waals surface area contributed by atoms with E-state index in [1.54, 1.807) is 6.26 Å². The summed E-state index contributed by atoms with van der Waals surface area (Å²) in [6.07, 6.45) is 4.96. The zero-order chi connectivity index (χ0) is 18.8. The van der Waals surface area contributed by atoms with Gasteiger partial charge in [-0.25, -0.2) is 0 Å². The van der Waals surface area contributed by atoms with Crippen LogP contribution in [0.15, 0.2) is 53.1 Å². The third-order valence-electron chi connectivity index (χ3n) is 7.29. The van der Waals surface area contributed by atoms with Gasteiger partial charge >= 0.3 is 0 Å². The SMILES string of the molecule is C[C@@H]1CC[C@@H]2[C@@H](C1)O[C@@H]1N([C@@H](c3ccccc3)[C@@]1(O)c1ccco1)C2(C)C. The number of fused-ring (bicyclic) bond motifs is 2. The number of furan rings is 1. The molecule has 3 heterocycles. The van der Waals surface area contributed by atoms with Crippen LogP contribution in [0.2, 0.25) is 0 Å². The maximum Gasteiger partial charge on any atom is 0.181 e. The summed E-state index contributed by atoms with van der Waals surface area (Å²) < 4.78 is 12.3. The maximum absolute atomic E-state index is 11.9. The lowest BCUT2D eigenvalue weighted by atomic mass is 9.63. The van der Waals surface area contributed by atoms with Gasteiger partial charge in [0.1, 0.15) is 12.0 Å². The second kappa shape index (κ2) is 5.94. The van der Waals surface area contributed by atoms with E-state index in [-0.39, 0.29) is 23.9 Å². The normalized spacial score (nSPS) is 40.7. The van der Waals surface area contributed by atoms with Gasteiger partial charge in [-0.2, -0.15) is 0 Å². The first-order valence-corrected chi connectivity index (χ1v) is 10.2. The Kier molecular flexibility index (Phi) is 3.84. The number of hydrogen-bond donors (Lipinski definition) is 1. The van der Waals surface area contributed by atoms with Crippen molar-refractivity contribution >= 4 is 0 Å². The second-order valence-corrected chi connectivity index (χ2v) is 9.23. The fraction of sp³-hybridized carbons (Fsp3) is 0.565. The number of rotatable bonds is 2. The van der Waals surface area contributed by atoms with Crippen molar-refractivity contribution in [2.75, 3.05) is 0 Å². The van der Waals surface area contributed by atoms with E-state index in [2.05, 4.69) is 37.8 Å². The minimum absolute atomic E-state index is 0.0486. The molecular weight excluding hydrogens is 338 g/mol. The number of ether oxygens (including phenoxy) is 1. The van der Waals surface area contributed by atoms with Crippen molar-refractivity contribution in [2.45, 2.75) is 69.5 Å². The second-order valence-electron chi connectivity index (χ2n) is 9.23. The Bertz CT molecular complexity index is 802. The van der Waals surface area contributed by atoms with Gasteiger partial charge in [-0.15, -0.1) is 0 Å². The van der Waals surface area contributed by atoms with Crippen LogP contribution in [0, 0.1) is 11.8 Å². The zero-order valence-corrected chi connectivity index (χ0v) is 16.3. The molecule has 1 saturated carbocycles. The first-order chi connectivity index (χ1) is 12.9. The van der Waals surface area contributed by atoms with Crippen LogP contribution in [0.3, 0.4) is 0 Å². The molecular formula is C23H29NO3. The predicted octanol–water partition coefficient (Wildman–Crippen LogP) is 4.46. The van der Waals surface area contributed by atoms with E-state index in [1.165, 1.54) is 12.8 Å².